The molecule has 1 atom stereocenters. The van der Waals surface area contributed by atoms with Gasteiger partial charge in [0.15, 0.2) is 0 Å². The summed E-state index contributed by atoms with van der Waals surface area (Å²) in [5.74, 6) is -0.500. The van der Waals surface area contributed by atoms with Gasteiger partial charge >= 0.3 is 0 Å². The first-order chi connectivity index (χ1) is 6.61. The number of benzene rings is 1. The summed E-state index contributed by atoms with van der Waals surface area (Å²) in [7, 11) is 1.58. The number of carbonyl (C=O) groups excluding carboxylic acids is 1. The van der Waals surface area contributed by atoms with Crippen LogP contribution in [0, 0.1) is 5.82 Å². The van der Waals surface area contributed by atoms with Crippen LogP contribution < -0.4 is 10.2 Å². The maximum Gasteiger partial charge on any atom is 0.249 e. The molecule has 1 aliphatic rings. The number of anilines is 2. The van der Waals surface area contributed by atoms with Crippen LogP contribution in [0.25, 0.3) is 0 Å². The molecule has 1 unspecified atom stereocenters. The molecule has 0 spiro atoms. The molecule has 0 bridgehead atoms. The first kappa shape index (κ1) is 8.99. The van der Waals surface area contributed by atoms with Crippen molar-refractivity contribution < 1.29 is 9.18 Å². The zero-order valence-electron chi connectivity index (χ0n) is 8.04. The lowest BCUT2D eigenvalue weighted by molar-refractivity contribution is -0.118. The lowest BCUT2D eigenvalue weighted by atomic mass is 10.1. The third-order valence-corrected chi connectivity index (χ3v) is 2.40. The van der Waals surface area contributed by atoms with Gasteiger partial charge in [0, 0.05) is 7.05 Å². The van der Waals surface area contributed by atoms with E-state index in [0.29, 0.717) is 11.4 Å². The van der Waals surface area contributed by atoms with Gasteiger partial charge in [-0.05, 0) is 19.1 Å². The van der Waals surface area contributed by atoms with E-state index in [0.717, 1.165) is 0 Å². The van der Waals surface area contributed by atoms with Crippen LogP contribution in [0.15, 0.2) is 18.2 Å². The highest BCUT2D eigenvalue weighted by Crippen LogP contribution is 2.32. The minimum absolute atomic E-state index is 0.123. The molecule has 0 aliphatic carbocycles. The monoisotopic (exact) mass is 194 g/mol. The van der Waals surface area contributed by atoms with Gasteiger partial charge in [0.2, 0.25) is 5.91 Å². The Morgan fingerprint density at radius 1 is 1.50 bits per heavy atom. The molecule has 0 saturated carbocycles. The molecule has 74 valence electrons. The first-order valence-electron chi connectivity index (χ1n) is 4.44. The van der Waals surface area contributed by atoms with Crippen molar-refractivity contribution in [2.75, 3.05) is 17.3 Å². The van der Waals surface area contributed by atoms with E-state index in [1.807, 2.05) is 0 Å². The summed E-state index contributed by atoms with van der Waals surface area (Å²) >= 11 is 0. The molecule has 2 rings (SSSR count). The molecule has 1 heterocycles. The first-order valence-corrected chi connectivity index (χ1v) is 4.44. The Balaban J connectivity index is 2.56. The van der Waals surface area contributed by atoms with Crippen LogP contribution in [-0.4, -0.2) is 19.0 Å². The largest absolute Gasteiger partial charge is 0.372 e. The summed E-state index contributed by atoms with van der Waals surface area (Å²) in [6.45, 7) is 1.76. The van der Waals surface area contributed by atoms with E-state index in [1.54, 1.807) is 26.1 Å². The topological polar surface area (TPSA) is 32.3 Å². The Labute approximate surface area is 81.5 Å². The van der Waals surface area contributed by atoms with Crippen molar-refractivity contribution >= 4 is 17.3 Å². The van der Waals surface area contributed by atoms with E-state index in [-0.39, 0.29) is 17.8 Å². The van der Waals surface area contributed by atoms with Crippen LogP contribution in [0.4, 0.5) is 15.8 Å². The Kier molecular flexibility index (Phi) is 1.91. The fourth-order valence-electron chi connectivity index (χ4n) is 1.67. The highest BCUT2D eigenvalue weighted by atomic mass is 19.1. The number of amides is 1. The summed E-state index contributed by atoms with van der Waals surface area (Å²) < 4.78 is 13.4. The van der Waals surface area contributed by atoms with Crippen molar-refractivity contribution in [2.24, 2.45) is 0 Å². The van der Waals surface area contributed by atoms with Gasteiger partial charge in [0.25, 0.3) is 0 Å². The zero-order chi connectivity index (χ0) is 10.3. The Hall–Kier alpha value is -1.58. The molecule has 0 aromatic heterocycles. The molecule has 14 heavy (non-hydrogen) atoms. The lowest BCUT2D eigenvalue weighted by Gasteiger charge is -2.31. The number of hydrogen-bond donors (Lipinski definition) is 1. The number of hydrogen-bond acceptors (Lipinski definition) is 2. The number of rotatable bonds is 0. The molecule has 0 saturated heterocycles. The molecule has 0 radical (unpaired) electrons. The van der Waals surface area contributed by atoms with Gasteiger partial charge in [-0.3, -0.25) is 4.79 Å². The molecular weight excluding hydrogens is 183 g/mol. The number of halogens is 1. The maximum atomic E-state index is 13.4. The van der Waals surface area contributed by atoms with Crippen LogP contribution >= 0.6 is 0 Å². The molecule has 1 amide bonds. The minimum Gasteiger partial charge on any atom is -0.372 e. The molecule has 1 aliphatic heterocycles. The van der Waals surface area contributed by atoms with Crippen LogP contribution in [0.3, 0.4) is 0 Å². The van der Waals surface area contributed by atoms with Crippen molar-refractivity contribution in [2.45, 2.75) is 13.0 Å². The standard InChI is InChI=1S/C10H11FN2O/c1-6-10(14)13(2)9-7(11)4-3-5-8(9)12-6/h3-6,12H,1-2H3. The summed E-state index contributed by atoms with van der Waals surface area (Å²) in [4.78, 5) is 12.9. The molecular formula is C10H11FN2O. The van der Waals surface area contributed by atoms with Gasteiger partial charge in [-0.1, -0.05) is 6.07 Å². The normalized spacial score (nSPS) is 20.4. The van der Waals surface area contributed by atoms with Crippen molar-refractivity contribution in [3.05, 3.63) is 24.0 Å². The van der Waals surface area contributed by atoms with Gasteiger partial charge < -0.3 is 10.2 Å². The summed E-state index contributed by atoms with van der Waals surface area (Å²) in [6.07, 6.45) is 0. The third-order valence-electron chi connectivity index (χ3n) is 2.40. The number of para-hydroxylation sites is 1. The van der Waals surface area contributed by atoms with Gasteiger partial charge in [-0.15, -0.1) is 0 Å². The number of fused-ring (bicyclic) bond motifs is 1. The fourth-order valence-corrected chi connectivity index (χ4v) is 1.67. The third kappa shape index (κ3) is 1.14. The number of carbonyl (C=O) groups is 1. The zero-order valence-corrected chi connectivity index (χ0v) is 8.04. The average molecular weight is 194 g/mol. The Morgan fingerprint density at radius 2 is 2.21 bits per heavy atom. The van der Waals surface area contributed by atoms with E-state index in [4.69, 9.17) is 0 Å². The quantitative estimate of drug-likeness (QED) is 0.680. The van der Waals surface area contributed by atoms with Crippen LogP contribution in [0.1, 0.15) is 6.92 Å². The molecule has 1 aromatic carbocycles. The maximum absolute atomic E-state index is 13.4. The fraction of sp³-hybridized carbons (Fsp3) is 0.300. The van der Waals surface area contributed by atoms with E-state index >= 15 is 0 Å². The predicted octanol–water partition coefficient (Wildman–Crippen LogP) is 1.60. The van der Waals surface area contributed by atoms with Crippen LogP contribution in [0.5, 0.6) is 0 Å². The van der Waals surface area contributed by atoms with Crippen molar-refractivity contribution in [1.29, 1.82) is 0 Å². The summed E-state index contributed by atoms with van der Waals surface area (Å²) in [5, 5.41) is 2.95. The van der Waals surface area contributed by atoms with Crippen LogP contribution in [0.2, 0.25) is 0 Å². The van der Waals surface area contributed by atoms with E-state index < -0.39 is 0 Å². The van der Waals surface area contributed by atoms with Gasteiger partial charge in [0.1, 0.15) is 17.5 Å². The van der Waals surface area contributed by atoms with Crippen LogP contribution in [-0.2, 0) is 4.79 Å². The average Bonchev–Trinajstić information content (AvgIpc) is 2.14. The summed E-state index contributed by atoms with van der Waals surface area (Å²) in [6, 6.07) is 4.43. The Bertz CT molecular complexity index is 392. The van der Waals surface area contributed by atoms with E-state index in [1.165, 1.54) is 11.0 Å². The van der Waals surface area contributed by atoms with Crippen molar-refractivity contribution in [1.82, 2.24) is 0 Å². The SMILES string of the molecule is CC1Nc2cccc(F)c2N(C)C1=O. The Morgan fingerprint density at radius 3 is 2.93 bits per heavy atom. The second-order valence-corrected chi connectivity index (χ2v) is 3.40. The smallest absolute Gasteiger partial charge is 0.249 e. The summed E-state index contributed by atoms with van der Waals surface area (Å²) in [5.41, 5.74) is 0.996. The highest BCUT2D eigenvalue weighted by Gasteiger charge is 2.28. The molecule has 0 fully saturated rings. The molecule has 4 heteroatoms. The van der Waals surface area contributed by atoms with Crippen molar-refractivity contribution in [3.8, 4) is 0 Å². The number of nitrogens with one attached hydrogen (secondary N) is 1. The van der Waals surface area contributed by atoms with Gasteiger partial charge in [-0.2, -0.15) is 0 Å². The molecule has 3 nitrogen and oxygen atoms in total. The van der Waals surface area contributed by atoms with E-state index in [9.17, 15) is 9.18 Å². The van der Waals surface area contributed by atoms with Crippen molar-refractivity contribution in [3.63, 3.8) is 0 Å². The highest BCUT2D eigenvalue weighted by molar-refractivity contribution is 6.04. The molecule has 1 aromatic rings. The van der Waals surface area contributed by atoms with E-state index in [2.05, 4.69) is 5.32 Å². The minimum atomic E-state index is -0.377. The number of likely N-dealkylation sites (N-methyl/N-ethyl adjacent to an activating group) is 1. The second-order valence-electron chi connectivity index (χ2n) is 3.40. The predicted molar refractivity (Wildman–Crippen MR) is 52.9 cm³/mol. The molecule has 1 N–H and O–H groups in total. The van der Waals surface area contributed by atoms with Gasteiger partial charge in [-0.25, -0.2) is 4.39 Å². The second kappa shape index (κ2) is 2.97. The number of nitrogens with zero attached hydrogens (tertiary/aromatic N) is 1. The lowest BCUT2D eigenvalue weighted by Crippen LogP contribution is -2.43. The van der Waals surface area contributed by atoms with Gasteiger partial charge in [0.05, 0.1) is 5.69 Å².